The molecule has 3 heterocycles. The fourth-order valence-electron chi connectivity index (χ4n) is 3.63. The lowest BCUT2D eigenvalue weighted by molar-refractivity contribution is -0.132. The van der Waals surface area contributed by atoms with Crippen LogP contribution in [0.25, 0.3) is 0 Å². The van der Waals surface area contributed by atoms with E-state index in [0.29, 0.717) is 19.5 Å². The molecule has 0 saturated carbocycles. The molecule has 166 valence electrons. The van der Waals surface area contributed by atoms with Gasteiger partial charge in [0.25, 0.3) is 11.8 Å². The number of nitrogens with one attached hydrogen (secondary N) is 3. The predicted molar refractivity (Wildman–Crippen MR) is 116 cm³/mol. The van der Waals surface area contributed by atoms with Gasteiger partial charge in [-0.2, -0.15) is 5.10 Å². The molecule has 3 N–H and O–H groups in total. The zero-order valence-electron chi connectivity index (χ0n) is 18.0. The quantitative estimate of drug-likeness (QED) is 0.505. The van der Waals surface area contributed by atoms with Crippen LogP contribution in [-0.2, 0) is 24.3 Å². The maximum atomic E-state index is 13.0. The Morgan fingerprint density at radius 1 is 1.22 bits per heavy atom. The Bertz CT molecular complexity index is 1120. The van der Waals surface area contributed by atoms with E-state index in [1.165, 1.54) is 15.6 Å². The van der Waals surface area contributed by atoms with Crippen molar-refractivity contribution >= 4 is 17.7 Å². The van der Waals surface area contributed by atoms with E-state index in [0.717, 1.165) is 11.3 Å². The minimum atomic E-state index is -1.14. The number of H-pyrrole nitrogens is 1. The first-order valence-corrected chi connectivity index (χ1v) is 10.3. The Balaban J connectivity index is 1.44. The number of rotatable bonds is 7. The summed E-state index contributed by atoms with van der Waals surface area (Å²) in [6.07, 6.45) is 3.87. The normalized spacial score (nSPS) is 17.7. The molecule has 0 fully saturated rings. The van der Waals surface area contributed by atoms with Crippen molar-refractivity contribution < 1.29 is 14.4 Å². The third-order valence-electron chi connectivity index (χ3n) is 5.75. The number of likely N-dealkylation sites (N-methyl/N-ethyl adjacent to an activating group) is 1. The van der Waals surface area contributed by atoms with Gasteiger partial charge in [-0.15, -0.1) is 0 Å². The van der Waals surface area contributed by atoms with Gasteiger partial charge in [-0.05, 0) is 12.5 Å². The van der Waals surface area contributed by atoms with Crippen molar-refractivity contribution in [2.24, 2.45) is 0 Å². The van der Waals surface area contributed by atoms with Crippen LogP contribution in [0.5, 0.6) is 0 Å². The van der Waals surface area contributed by atoms with Gasteiger partial charge in [-0.25, -0.2) is 4.98 Å². The van der Waals surface area contributed by atoms with E-state index in [-0.39, 0.29) is 35.7 Å². The summed E-state index contributed by atoms with van der Waals surface area (Å²) >= 11 is 0. The average molecular weight is 435 g/mol. The van der Waals surface area contributed by atoms with E-state index in [4.69, 9.17) is 0 Å². The number of carbonyl (C=O) groups is 3. The first-order valence-electron chi connectivity index (χ1n) is 10.3. The Morgan fingerprint density at radius 3 is 2.72 bits per heavy atom. The van der Waals surface area contributed by atoms with Gasteiger partial charge in [0, 0.05) is 44.5 Å². The number of hydrogen-bond donors (Lipinski definition) is 3. The number of hydrogen-bond acceptors (Lipinski definition) is 5. The highest BCUT2D eigenvalue weighted by Crippen LogP contribution is 2.26. The van der Waals surface area contributed by atoms with Gasteiger partial charge in [0.05, 0.1) is 12.9 Å². The minimum absolute atomic E-state index is 0.139. The second-order valence-corrected chi connectivity index (χ2v) is 7.96. The van der Waals surface area contributed by atoms with Gasteiger partial charge in [0.2, 0.25) is 5.91 Å². The number of benzene rings is 1. The van der Waals surface area contributed by atoms with Crippen molar-refractivity contribution in [1.82, 2.24) is 35.3 Å². The Labute approximate surface area is 185 Å². The summed E-state index contributed by atoms with van der Waals surface area (Å²) in [6, 6.07) is 11.0. The van der Waals surface area contributed by atoms with Crippen LogP contribution >= 0.6 is 0 Å². The third kappa shape index (κ3) is 4.11. The van der Waals surface area contributed by atoms with Crippen molar-refractivity contribution in [3.8, 4) is 0 Å². The highest BCUT2D eigenvalue weighted by molar-refractivity contribution is 6.01. The zero-order chi connectivity index (χ0) is 22.7. The summed E-state index contributed by atoms with van der Waals surface area (Å²) in [5.74, 6) is -1.03. The number of aromatic amines is 1. The molecule has 32 heavy (non-hydrogen) atoms. The van der Waals surface area contributed by atoms with E-state index < -0.39 is 5.54 Å². The van der Waals surface area contributed by atoms with Crippen molar-refractivity contribution in [3.63, 3.8) is 0 Å². The fraction of sp³-hybridized carbons (Fsp3) is 0.318. The summed E-state index contributed by atoms with van der Waals surface area (Å²) < 4.78 is 1.44. The minimum Gasteiger partial charge on any atom is -0.350 e. The van der Waals surface area contributed by atoms with Gasteiger partial charge < -0.3 is 20.5 Å². The van der Waals surface area contributed by atoms with Crippen LogP contribution in [0.15, 0.2) is 48.9 Å². The predicted octanol–water partition coefficient (Wildman–Crippen LogP) is 0.739. The molecule has 1 aliphatic rings. The van der Waals surface area contributed by atoms with E-state index in [9.17, 15) is 14.4 Å². The molecular weight excluding hydrogens is 410 g/mol. The van der Waals surface area contributed by atoms with Crippen LogP contribution in [0.4, 0.5) is 0 Å². The van der Waals surface area contributed by atoms with Crippen molar-refractivity contribution in [2.75, 3.05) is 13.6 Å². The topological polar surface area (TPSA) is 125 Å². The summed E-state index contributed by atoms with van der Waals surface area (Å²) in [7, 11) is 1.59. The molecule has 1 atom stereocenters. The maximum absolute atomic E-state index is 13.0. The van der Waals surface area contributed by atoms with Gasteiger partial charge in [0.15, 0.2) is 5.69 Å². The maximum Gasteiger partial charge on any atom is 0.272 e. The van der Waals surface area contributed by atoms with Gasteiger partial charge >= 0.3 is 0 Å². The number of aromatic nitrogens is 4. The van der Waals surface area contributed by atoms with Crippen LogP contribution in [0, 0.1) is 0 Å². The van der Waals surface area contributed by atoms with E-state index in [1.54, 1.807) is 26.5 Å². The molecule has 0 spiro atoms. The number of nitrogens with zero attached hydrogens (tertiary/aromatic N) is 4. The van der Waals surface area contributed by atoms with E-state index in [1.807, 2.05) is 30.3 Å². The Hall–Kier alpha value is -3.95. The SMILES string of the molecule is CN1C(=O)c2cc(C(=O)NCCc3cnc[nH]3)nn2C[C@@]1(C)C(=O)NCc1ccccc1. The number of amides is 3. The lowest BCUT2D eigenvalue weighted by Gasteiger charge is -2.40. The summed E-state index contributed by atoms with van der Waals surface area (Å²) in [5, 5.41) is 9.99. The van der Waals surface area contributed by atoms with Crippen LogP contribution < -0.4 is 10.6 Å². The number of imidazole rings is 1. The van der Waals surface area contributed by atoms with Gasteiger partial charge in [-0.3, -0.25) is 19.1 Å². The molecule has 10 nitrogen and oxygen atoms in total. The number of carbonyl (C=O) groups excluding carboxylic acids is 3. The summed E-state index contributed by atoms with van der Waals surface area (Å²) in [6.45, 7) is 2.59. The molecule has 1 aromatic carbocycles. The van der Waals surface area contributed by atoms with Gasteiger partial charge in [-0.1, -0.05) is 30.3 Å². The fourth-order valence-corrected chi connectivity index (χ4v) is 3.63. The first-order chi connectivity index (χ1) is 15.4. The molecule has 2 aromatic heterocycles. The highest BCUT2D eigenvalue weighted by atomic mass is 16.2. The van der Waals surface area contributed by atoms with Crippen LogP contribution in [0.1, 0.15) is 39.2 Å². The molecule has 0 aliphatic carbocycles. The molecule has 0 bridgehead atoms. The van der Waals surface area contributed by atoms with Crippen molar-refractivity contribution in [1.29, 1.82) is 0 Å². The first kappa shape index (κ1) is 21.3. The monoisotopic (exact) mass is 435 g/mol. The molecule has 10 heteroatoms. The molecule has 0 unspecified atom stereocenters. The van der Waals surface area contributed by atoms with Crippen LogP contribution in [0.3, 0.4) is 0 Å². The standard InChI is InChI=1S/C22H25N7O3/c1-22(21(32)25-11-15-6-4-3-5-7-15)13-29-18(20(31)28(22)2)10-17(27-29)19(30)24-9-8-16-12-23-14-26-16/h3-7,10,12,14H,8-9,11,13H2,1-2H3,(H,23,26)(H,24,30)(H,25,32)/t22-/m0/s1. The molecule has 0 saturated heterocycles. The summed E-state index contributed by atoms with van der Waals surface area (Å²) in [5.41, 5.74) is 1.14. The number of fused-ring (bicyclic) bond motifs is 1. The molecule has 3 aromatic rings. The van der Waals surface area contributed by atoms with Crippen LogP contribution in [0.2, 0.25) is 0 Å². The zero-order valence-corrected chi connectivity index (χ0v) is 18.0. The summed E-state index contributed by atoms with van der Waals surface area (Å²) in [4.78, 5) is 46.8. The van der Waals surface area contributed by atoms with E-state index >= 15 is 0 Å². The Morgan fingerprint density at radius 2 is 2.00 bits per heavy atom. The largest absolute Gasteiger partial charge is 0.350 e. The van der Waals surface area contributed by atoms with Crippen LogP contribution in [-0.4, -0.2) is 61.5 Å². The molecule has 3 amide bonds. The van der Waals surface area contributed by atoms with Crippen molar-refractivity contribution in [3.05, 3.63) is 71.6 Å². The van der Waals surface area contributed by atoms with Crippen molar-refractivity contribution in [2.45, 2.75) is 32.0 Å². The highest BCUT2D eigenvalue weighted by Gasteiger charge is 2.46. The lowest BCUT2D eigenvalue weighted by atomic mass is 9.96. The lowest BCUT2D eigenvalue weighted by Crippen LogP contribution is -2.62. The molecule has 1 aliphatic heterocycles. The average Bonchev–Trinajstić information content (AvgIpc) is 3.46. The molecule has 4 rings (SSSR count). The third-order valence-corrected chi connectivity index (χ3v) is 5.75. The second-order valence-electron chi connectivity index (χ2n) is 7.96. The molecular formula is C22H25N7O3. The van der Waals surface area contributed by atoms with Gasteiger partial charge in [0.1, 0.15) is 11.2 Å². The Kier molecular flexibility index (Phi) is 5.76. The smallest absolute Gasteiger partial charge is 0.272 e. The second kappa shape index (κ2) is 8.66. The molecule has 0 radical (unpaired) electrons. The van der Waals surface area contributed by atoms with E-state index in [2.05, 4.69) is 25.7 Å².